The van der Waals surface area contributed by atoms with Crippen molar-refractivity contribution in [2.75, 3.05) is 0 Å². The lowest BCUT2D eigenvalue weighted by Gasteiger charge is -2.07. The maximum absolute atomic E-state index is 12.4. The molecule has 6 heteroatoms. The Labute approximate surface area is 89.1 Å². The van der Waals surface area contributed by atoms with Crippen LogP contribution in [0.1, 0.15) is 17.7 Å². The highest BCUT2D eigenvalue weighted by molar-refractivity contribution is 6.36. The second-order valence-corrected chi connectivity index (χ2v) is 3.20. The molecule has 74 valence electrons. The second kappa shape index (κ2) is 4.54. The van der Waals surface area contributed by atoms with Crippen LogP contribution in [0.25, 0.3) is 0 Å². The fourth-order valence-electron chi connectivity index (χ4n) is 0.919. The highest BCUT2D eigenvalue weighted by Crippen LogP contribution is 2.34. The van der Waals surface area contributed by atoms with Crippen LogP contribution in [0, 0.1) is 11.3 Å². The lowest BCUT2D eigenvalue weighted by atomic mass is 10.2. The third-order valence-electron chi connectivity index (χ3n) is 1.55. The SMILES string of the molecule is N#CCc1ncc(Cl)c(C(F)F)c1Cl. The van der Waals surface area contributed by atoms with E-state index in [-0.39, 0.29) is 22.2 Å². The quantitative estimate of drug-likeness (QED) is 0.790. The van der Waals surface area contributed by atoms with E-state index in [0.717, 1.165) is 6.20 Å². The molecule has 1 rings (SSSR count). The molecule has 0 unspecified atom stereocenters. The summed E-state index contributed by atoms with van der Waals surface area (Å²) in [4.78, 5) is 3.69. The first-order valence-corrected chi connectivity index (χ1v) is 4.31. The van der Waals surface area contributed by atoms with E-state index in [0.29, 0.717) is 0 Å². The van der Waals surface area contributed by atoms with Crippen LogP contribution in [0.4, 0.5) is 8.78 Å². The molecular weight excluding hydrogens is 233 g/mol. The van der Waals surface area contributed by atoms with E-state index in [1.54, 1.807) is 6.07 Å². The number of rotatable bonds is 2. The van der Waals surface area contributed by atoms with Crippen molar-refractivity contribution in [1.82, 2.24) is 4.98 Å². The summed E-state index contributed by atoms with van der Waals surface area (Å²) < 4.78 is 24.9. The van der Waals surface area contributed by atoms with Crippen LogP contribution in [-0.4, -0.2) is 4.98 Å². The molecule has 0 aliphatic rings. The highest BCUT2D eigenvalue weighted by Gasteiger charge is 2.19. The van der Waals surface area contributed by atoms with Crippen molar-refractivity contribution in [1.29, 1.82) is 5.26 Å². The van der Waals surface area contributed by atoms with Crippen LogP contribution in [0.5, 0.6) is 0 Å². The van der Waals surface area contributed by atoms with Crippen molar-refractivity contribution in [2.24, 2.45) is 0 Å². The average molecular weight is 237 g/mol. The molecule has 0 saturated heterocycles. The van der Waals surface area contributed by atoms with Gasteiger partial charge in [0.2, 0.25) is 0 Å². The first-order valence-electron chi connectivity index (χ1n) is 3.55. The van der Waals surface area contributed by atoms with E-state index in [4.69, 9.17) is 28.5 Å². The minimum absolute atomic E-state index is 0.115. The standard InChI is InChI=1S/C8H4Cl2F2N2/c9-4-3-14-5(1-2-13)7(10)6(4)8(11)12/h3,8H,1H2. The van der Waals surface area contributed by atoms with Gasteiger partial charge in [0.25, 0.3) is 6.43 Å². The lowest BCUT2D eigenvalue weighted by molar-refractivity contribution is 0.151. The first-order chi connectivity index (χ1) is 6.57. The number of hydrogen-bond donors (Lipinski definition) is 0. The van der Waals surface area contributed by atoms with Crippen LogP contribution in [0.3, 0.4) is 0 Å². The van der Waals surface area contributed by atoms with Crippen molar-refractivity contribution < 1.29 is 8.78 Å². The summed E-state index contributed by atoms with van der Waals surface area (Å²) in [5, 5.41) is 7.96. The smallest absolute Gasteiger partial charge is 0.257 e. The average Bonchev–Trinajstić information content (AvgIpc) is 2.10. The van der Waals surface area contributed by atoms with E-state index in [9.17, 15) is 8.78 Å². The molecule has 0 N–H and O–H groups in total. The number of halogens is 4. The predicted molar refractivity (Wildman–Crippen MR) is 48.5 cm³/mol. The Kier molecular flexibility index (Phi) is 3.62. The minimum Gasteiger partial charge on any atom is -0.257 e. The monoisotopic (exact) mass is 236 g/mol. The van der Waals surface area contributed by atoms with Gasteiger partial charge in [-0.15, -0.1) is 0 Å². The fourth-order valence-corrected chi connectivity index (χ4v) is 1.49. The van der Waals surface area contributed by atoms with Crippen molar-refractivity contribution >= 4 is 23.2 Å². The number of hydrogen-bond acceptors (Lipinski definition) is 2. The van der Waals surface area contributed by atoms with Gasteiger partial charge in [-0.2, -0.15) is 5.26 Å². The number of nitrogens with zero attached hydrogens (tertiary/aromatic N) is 2. The molecule has 14 heavy (non-hydrogen) atoms. The third-order valence-corrected chi connectivity index (χ3v) is 2.27. The third kappa shape index (κ3) is 2.11. The van der Waals surface area contributed by atoms with Crippen LogP contribution >= 0.6 is 23.2 Å². The van der Waals surface area contributed by atoms with Crippen molar-refractivity contribution in [2.45, 2.75) is 12.8 Å². The Morgan fingerprint density at radius 3 is 2.64 bits per heavy atom. The van der Waals surface area contributed by atoms with Gasteiger partial charge in [-0.1, -0.05) is 23.2 Å². The van der Waals surface area contributed by atoms with Crippen LogP contribution in [0.2, 0.25) is 10.0 Å². The zero-order chi connectivity index (χ0) is 10.7. The number of pyridine rings is 1. The Bertz CT molecular complexity index is 388. The first kappa shape index (κ1) is 11.2. The van der Waals surface area contributed by atoms with Gasteiger partial charge in [0, 0.05) is 6.20 Å². The summed E-state index contributed by atoms with van der Waals surface area (Å²) in [5.74, 6) is 0. The summed E-state index contributed by atoms with van der Waals surface area (Å²) in [6.45, 7) is 0. The van der Waals surface area contributed by atoms with Gasteiger partial charge >= 0.3 is 0 Å². The zero-order valence-electron chi connectivity index (χ0n) is 6.77. The topological polar surface area (TPSA) is 36.7 Å². The maximum Gasteiger partial charge on any atom is 0.266 e. The molecule has 1 aromatic rings. The molecule has 1 aromatic heterocycles. The molecule has 0 aliphatic heterocycles. The lowest BCUT2D eigenvalue weighted by Crippen LogP contribution is -1.96. The van der Waals surface area contributed by atoms with Crippen LogP contribution in [-0.2, 0) is 6.42 Å². The Morgan fingerprint density at radius 1 is 1.50 bits per heavy atom. The van der Waals surface area contributed by atoms with E-state index in [1.807, 2.05) is 0 Å². The normalized spacial score (nSPS) is 10.3. The highest BCUT2D eigenvalue weighted by atomic mass is 35.5. The number of alkyl halides is 2. The summed E-state index contributed by atoms with van der Waals surface area (Å²) in [7, 11) is 0. The van der Waals surface area contributed by atoms with Gasteiger partial charge in [0.15, 0.2) is 0 Å². The maximum atomic E-state index is 12.4. The molecule has 0 amide bonds. The van der Waals surface area contributed by atoms with E-state index < -0.39 is 12.0 Å². The molecule has 0 atom stereocenters. The van der Waals surface area contributed by atoms with Gasteiger partial charge in [-0.3, -0.25) is 4.98 Å². The summed E-state index contributed by atoms with van der Waals surface area (Å²) in [5.41, 5.74) is -0.345. The summed E-state index contributed by atoms with van der Waals surface area (Å²) in [6.07, 6.45) is -1.81. The van der Waals surface area contributed by atoms with Crippen molar-refractivity contribution in [3.8, 4) is 6.07 Å². The van der Waals surface area contributed by atoms with Gasteiger partial charge < -0.3 is 0 Å². The Morgan fingerprint density at radius 2 is 2.14 bits per heavy atom. The van der Waals surface area contributed by atoms with Gasteiger partial charge in [0.1, 0.15) is 0 Å². The Hall–Kier alpha value is -0.920. The molecule has 0 bridgehead atoms. The molecule has 0 spiro atoms. The predicted octanol–water partition coefficient (Wildman–Crippen LogP) is 3.39. The fraction of sp³-hybridized carbons (Fsp3) is 0.250. The minimum atomic E-state index is -2.77. The van der Waals surface area contributed by atoms with Crippen molar-refractivity contribution in [3.63, 3.8) is 0 Å². The van der Waals surface area contributed by atoms with E-state index in [1.165, 1.54) is 0 Å². The number of aromatic nitrogens is 1. The van der Waals surface area contributed by atoms with Crippen LogP contribution < -0.4 is 0 Å². The van der Waals surface area contributed by atoms with Gasteiger partial charge in [-0.05, 0) is 0 Å². The molecule has 0 aromatic carbocycles. The summed E-state index contributed by atoms with van der Waals surface area (Å²) >= 11 is 11.1. The van der Waals surface area contributed by atoms with Gasteiger partial charge in [0.05, 0.1) is 33.8 Å². The molecule has 0 aliphatic carbocycles. The second-order valence-electron chi connectivity index (χ2n) is 2.42. The van der Waals surface area contributed by atoms with Crippen LogP contribution in [0.15, 0.2) is 6.20 Å². The number of nitriles is 1. The molecule has 1 heterocycles. The molecule has 0 radical (unpaired) electrons. The molecule has 0 saturated carbocycles. The molecular formula is C8H4Cl2F2N2. The molecule has 0 fully saturated rings. The molecule has 2 nitrogen and oxygen atoms in total. The van der Waals surface area contributed by atoms with Gasteiger partial charge in [-0.25, -0.2) is 8.78 Å². The van der Waals surface area contributed by atoms with Crippen molar-refractivity contribution in [3.05, 3.63) is 27.5 Å². The largest absolute Gasteiger partial charge is 0.266 e. The zero-order valence-corrected chi connectivity index (χ0v) is 8.28. The Balaban J connectivity index is 3.28. The van der Waals surface area contributed by atoms with E-state index in [2.05, 4.69) is 4.98 Å². The van der Waals surface area contributed by atoms with E-state index >= 15 is 0 Å². The summed E-state index contributed by atoms with van der Waals surface area (Å²) in [6, 6.07) is 1.78.